The smallest absolute Gasteiger partial charge is 0.188 e. The minimum absolute atomic E-state index is 0. The fourth-order valence-corrected chi connectivity index (χ4v) is 6.70. The van der Waals surface area contributed by atoms with Crippen molar-refractivity contribution in [3.63, 3.8) is 0 Å². The van der Waals surface area contributed by atoms with Crippen LogP contribution in [0.2, 0.25) is 0 Å². The number of benzene rings is 5. The summed E-state index contributed by atoms with van der Waals surface area (Å²) < 4.78 is 2.90. The summed E-state index contributed by atoms with van der Waals surface area (Å²) in [6, 6.07) is 37.8. The first-order valence-corrected chi connectivity index (χ1v) is 10.5. The molecule has 1 heteroatoms. The van der Waals surface area contributed by atoms with Crippen molar-refractivity contribution in [1.29, 1.82) is 0 Å². The summed E-state index contributed by atoms with van der Waals surface area (Å²) >= 11 is 0. The number of rotatable bonds is 1. The first-order chi connectivity index (χ1) is 13.4. The van der Waals surface area contributed by atoms with Gasteiger partial charge in [0.05, 0.1) is 10.8 Å². The van der Waals surface area contributed by atoms with Crippen molar-refractivity contribution in [2.24, 2.45) is 0 Å². The van der Waals surface area contributed by atoms with Gasteiger partial charge in [-0.25, -0.2) is 0 Å². The molecule has 134 valence electrons. The van der Waals surface area contributed by atoms with Gasteiger partial charge in [-0.15, -0.1) is 0 Å². The molecule has 0 amide bonds. The summed E-state index contributed by atoms with van der Waals surface area (Å²) in [6.45, 7) is 0. The van der Waals surface area contributed by atoms with Gasteiger partial charge < -0.3 is 7.43 Å². The van der Waals surface area contributed by atoms with Gasteiger partial charge in [0.15, 0.2) is 14.3 Å². The molecule has 0 aliphatic carbocycles. The largest absolute Gasteiger partial charge is 0.358 e. The Hall–Kier alpha value is -3.16. The lowest BCUT2D eigenvalue weighted by atomic mass is 10.00. The predicted molar refractivity (Wildman–Crippen MR) is 127 cm³/mol. The minimum atomic E-state index is -0.0526. The van der Waals surface area contributed by atoms with E-state index in [4.69, 9.17) is 0 Å². The van der Waals surface area contributed by atoms with Crippen LogP contribution < -0.4 is 0 Å². The number of hydrogen-bond donors (Lipinski definition) is 0. The van der Waals surface area contributed by atoms with E-state index in [0.717, 1.165) is 0 Å². The van der Waals surface area contributed by atoms with Gasteiger partial charge in [-0.2, -0.15) is 0 Å². The second-order valence-corrected chi connectivity index (χ2v) is 8.90. The topological polar surface area (TPSA) is 0 Å². The van der Waals surface area contributed by atoms with E-state index in [0.29, 0.717) is 0 Å². The molecule has 0 fully saturated rings. The molecule has 0 atom stereocenters. The van der Waals surface area contributed by atoms with Crippen LogP contribution in [0.4, 0.5) is 0 Å². The minimum Gasteiger partial charge on any atom is -0.358 e. The van der Waals surface area contributed by atoms with Gasteiger partial charge in [0, 0.05) is 10.5 Å². The maximum Gasteiger partial charge on any atom is 0.188 e. The Labute approximate surface area is 167 Å². The molecule has 5 aromatic carbocycles. The Morgan fingerprint density at radius 3 is 1.43 bits per heavy atom. The van der Waals surface area contributed by atoms with Crippen molar-refractivity contribution < 1.29 is 0 Å². The monoisotopic (exact) mass is 376 g/mol. The van der Waals surface area contributed by atoms with Gasteiger partial charge in [0.1, 0.15) is 0 Å². The summed E-state index contributed by atoms with van der Waals surface area (Å²) in [5.74, 6) is 0. The molecular weight excluding hydrogens is 356 g/mol. The van der Waals surface area contributed by atoms with Crippen LogP contribution in [0.3, 0.4) is 0 Å². The van der Waals surface area contributed by atoms with Gasteiger partial charge >= 0.3 is 0 Å². The van der Waals surface area contributed by atoms with Crippen LogP contribution in [0.1, 0.15) is 0 Å². The highest BCUT2D eigenvalue weighted by molar-refractivity contribution is 7.50. The quantitative estimate of drug-likeness (QED) is 0.199. The predicted octanol–water partition coefficient (Wildman–Crippen LogP) is 8.49. The number of hydrogen-bond acceptors (Lipinski definition) is 0. The number of fused-ring (bicyclic) bond motifs is 7. The van der Waals surface area contributed by atoms with Crippen LogP contribution in [0.5, 0.6) is 0 Å². The highest BCUT2D eigenvalue weighted by Gasteiger charge is 2.26. The van der Waals surface area contributed by atoms with Gasteiger partial charge in [-0.05, 0) is 57.9 Å². The molecule has 0 saturated heterocycles. The third-order valence-electron chi connectivity index (χ3n) is 5.45. The van der Waals surface area contributed by atoms with E-state index in [1.165, 1.54) is 46.6 Å². The van der Waals surface area contributed by atoms with E-state index >= 15 is 0 Å². The lowest BCUT2D eigenvalue weighted by Crippen LogP contribution is -1.76. The second kappa shape index (κ2) is 6.47. The van der Waals surface area contributed by atoms with E-state index in [9.17, 15) is 0 Å². The summed E-state index contributed by atoms with van der Waals surface area (Å²) in [5, 5.41) is 8.19. The highest BCUT2D eigenvalue weighted by Crippen LogP contribution is 2.51. The van der Waals surface area contributed by atoms with Crippen LogP contribution in [0, 0.1) is 7.43 Å². The molecule has 0 nitrogen and oxygen atoms in total. The van der Waals surface area contributed by atoms with Crippen LogP contribution in [0.15, 0.2) is 103 Å². The standard InChI is InChI=1S/C26H17S.CH3/c1-2-10-20(11-3-1)27-23-16-14-18-8-4-6-12-21(18)25(23)26-22-13-7-5-9-19(22)15-17-24(26)27;/h1-17H;1H3/q+1;-1. The van der Waals surface area contributed by atoms with E-state index in [-0.39, 0.29) is 17.9 Å². The lowest BCUT2D eigenvalue weighted by molar-refractivity contribution is 1.76. The molecular formula is C27H20S. The van der Waals surface area contributed by atoms with Crippen LogP contribution in [-0.2, 0) is 0 Å². The highest BCUT2D eigenvalue weighted by atomic mass is 32.2. The third-order valence-corrected chi connectivity index (χ3v) is 7.75. The molecule has 0 spiro atoms. The average Bonchev–Trinajstić information content (AvgIpc) is 3.09. The fraction of sp³-hybridized carbons (Fsp3) is 0. The Balaban J connectivity index is 0.00000171. The van der Waals surface area contributed by atoms with Crippen molar-refractivity contribution >= 4 is 52.2 Å². The van der Waals surface area contributed by atoms with Gasteiger partial charge in [-0.1, -0.05) is 66.7 Å². The van der Waals surface area contributed by atoms with Crippen LogP contribution in [-0.4, -0.2) is 0 Å². The molecule has 0 bridgehead atoms. The fourth-order valence-electron chi connectivity index (χ4n) is 4.29. The zero-order valence-corrected chi connectivity index (χ0v) is 16.5. The second-order valence-electron chi connectivity index (χ2n) is 6.94. The van der Waals surface area contributed by atoms with Crippen LogP contribution >= 0.6 is 10.5 Å². The zero-order valence-electron chi connectivity index (χ0n) is 15.7. The van der Waals surface area contributed by atoms with Crippen molar-refractivity contribution in [3.05, 3.63) is 111 Å². The summed E-state index contributed by atoms with van der Waals surface area (Å²) in [4.78, 5) is 1.39. The first kappa shape index (κ1) is 17.0. The lowest BCUT2D eigenvalue weighted by Gasteiger charge is -2.00. The molecule has 0 aliphatic rings. The van der Waals surface area contributed by atoms with Crippen molar-refractivity contribution in [2.45, 2.75) is 0 Å². The van der Waals surface area contributed by atoms with Gasteiger partial charge in [0.25, 0.3) is 0 Å². The third kappa shape index (κ3) is 2.30. The first-order valence-electron chi connectivity index (χ1n) is 9.25. The van der Waals surface area contributed by atoms with Crippen molar-refractivity contribution in [2.75, 3.05) is 0 Å². The zero-order chi connectivity index (χ0) is 17.8. The molecule has 0 N–H and O–H groups in total. The Kier molecular flexibility index (Phi) is 3.92. The molecule has 1 heterocycles. The normalized spacial score (nSPS) is 11.3. The summed E-state index contributed by atoms with van der Waals surface area (Å²) in [5.41, 5.74) is 0. The van der Waals surface area contributed by atoms with Crippen molar-refractivity contribution in [3.8, 4) is 4.90 Å². The molecule has 6 rings (SSSR count). The van der Waals surface area contributed by atoms with E-state index < -0.39 is 0 Å². The molecule has 0 unspecified atom stereocenters. The molecule has 0 aliphatic heterocycles. The van der Waals surface area contributed by atoms with E-state index in [1.54, 1.807) is 0 Å². The Bertz CT molecular complexity index is 1360. The van der Waals surface area contributed by atoms with Gasteiger partial charge in [0.2, 0.25) is 0 Å². The Morgan fingerprint density at radius 1 is 0.429 bits per heavy atom. The summed E-state index contributed by atoms with van der Waals surface area (Å²) in [6.07, 6.45) is 0. The number of thiophene rings is 1. The van der Waals surface area contributed by atoms with E-state index in [2.05, 4.69) is 103 Å². The molecule has 1 aromatic heterocycles. The Morgan fingerprint density at radius 2 is 0.893 bits per heavy atom. The molecule has 0 radical (unpaired) electrons. The molecule has 6 aromatic rings. The summed E-state index contributed by atoms with van der Waals surface area (Å²) in [7, 11) is -0.0526. The average molecular weight is 377 g/mol. The molecule has 28 heavy (non-hydrogen) atoms. The molecule has 0 saturated carbocycles. The maximum absolute atomic E-state index is 2.35. The SMILES string of the molecule is [CH3-].c1ccc(-[s+]2c3ccc4ccccc4c3c3c4ccccc4ccc32)cc1. The maximum atomic E-state index is 2.35. The van der Waals surface area contributed by atoms with Crippen LogP contribution in [0.25, 0.3) is 46.6 Å². The van der Waals surface area contributed by atoms with Crippen molar-refractivity contribution in [1.82, 2.24) is 0 Å². The van der Waals surface area contributed by atoms with Gasteiger partial charge in [-0.3, -0.25) is 0 Å². The van der Waals surface area contributed by atoms with E-state index in [1.807, 2.05) is 0 Å².